The SMILES string of the molecule is Cc1nc(C(=O)Nc2ccc(N3CCCCC3)cc2)nn1-c1ccc(F)cc1. The van der Waals surface area contributed by atoms with Crippen LogP contribution in [-0.4, -0.2) is 33.8 Å². The monoisotopic (exact) mass is 379 g/mol. The Bertz CT molecular complexity index is 959. The van der Waals surface area contributed by atoms with Crippen molar-refractivity contribution >= 4 is 17.3 Å². The van der Waals surface area contributed by atoms with Crippen molar-refractivity contribution in [1.82, 2.24) is 14.8 Å². The van der Waals surface area contributed by atoms with Gasteiger partial charge in [-0.25, -0.2) is 14.1 Å². The predicted octanol–water partition coefficient (Wildman–Crippen LogP) is 3.96. The second kappa shape index (κ2) is 7.80. The summed E-state index contributed by atoms with van der Waals surface area (Å²) in [7, 11) is 0. The van der Waals surface area contributed by atoms with E-state index in [0.717, 1.165) is 13.1 Å². The van der Waals surface area contributed by atoms with Gasteiger partial charge in [-0.05, 0) is 74.7 Å². The van der Waals surface area contributed by atoms with E-state index in [1.807, 2.05) is 24.3 Å². The van der Waals surface area contributed by atoms with Crippen LogP contribution >= 0.6 is 0 Å². The van der Waals surface area contributed by atoms with Crippen molar-refractivity contribution in [3.8, 4) is 5.69 Å². The van der Waals surface area contributed by atoms with Gasteiger partial charge in [0.15, 0.2) is 0 Å². The summed E-state index contributed by atoms with van der Waals surface area (Å²) in [6.45, 7) is 3.91. The highest BCUT2D eigenvalue weighted by Crippen LogP contribution is 2.22. The van der Waals surface area contributed by atoms with Crippen LogP contribution < -0.4 is 10.2 Å². The van der Waals surface area contributed by atoms with Gasteiger partial charge in [0.25, 0.3) is 5.91 Å². The number of carbonyl (C=O) groups is 1. The number of halogens is 1. The van der Waals surface area contributed by atoms with Crippen molar-refractivity contribution in [2.75, 3.05) is 23.3 Å². The predicted molar refractivity (Wildman–Crippen MR) is 107 cm³/mol. The Morgan fingerprint density at radius 1 is 0.964 bits per heavy atom. The third-order valence-electron chi connectivity index (χ3n) is 4.89. The van der Waals surface area contributed by atoms with Gasteiger partial charge in [-0.2, -0.15) is 0 Å². The van der Waals surface area contributed by atoms with Gasteiger partial charge >= 0.3 is 0 Å². The molecule has 0 radical (unpaired) electrons. The van der Waals surface area contributed by atoms with E-state index in [1.165, 1.54) is 41.8 Å². The first-order valence-electron chi connectivity index (χ1n) is 9.46. The first kappa shape index (κ1) is 18.2. The van der Waals surface area contributed by atoms with Gasteiger partial charge in [-0.3, -0.25) is 4.79 Å². The molecule has 0 unspecified atom stereocenters. The summed E-state index contributed by atoms with van der Waals surface area (Å²) in [5, 5.41) is 7.09. The van der Waals surface area contributed by atoms with E-state index in [-0.39, 0.29) is 17.5 Å². The van der Waals surface area contributed by atoms with Crippen LogP contribution in [0, 0.1) is 12.7 Å². The minimum atomic E-state index is -0.380. The number of nitrogens with one attached hydrogen (secondary N) is 1. The number of hydrogen-bond donors (Lipinski definition) is 1. The Labute approximate surface area is 163 Å². The molecule has 0 spiro atoms. The smallest absolute Gasteiger partial charge is 0.295 e. The largest absolute Gasteiger partial charge is 0.372 e. The van der Waals surface area contributed by atoms with Gasteiger partial charge < -0.3 is 10.2 Å². The van der Waals surface area contributed by atoms with E-state index in [9.17, 15) is 9.18 Å². The van der Waals surface area contributed by atoms with E-state index in [1.54, 1.807) is 19.1 Å². The van der Waals surface area contributed by atoms with Crippen LogP contribution in [0.1, 0.15) is 35.7 Å². The van der Waals surface area contributed by atoms with Gasteiger partial charge in [-0.15, -0.1) is 5.10 Å². The van der Waals surface area contributed by atoms with Crippen LogP contribution in [0.5, 0.6) is 0 Å². The van der Waals surface area contributed by atoms with E-state index in [4.69, 9.17) is 0 Å². The molecule has 1 amide bonds. The number of rotatable bonds is 4. The van der Waals surface area contributed by atoms with Gasteiger partial charge in [0.1, 0.15) is 11.6 Å². The molecular formula is C21H22FN5O. The van der Waals surface area contributed by atoms with E-state index in [2.05, 4.69) is 20.3 Å². The fourth-order valence-electron chi connectivity index (χ4n) is 3.41. The van der Waals surface area contributed by atoms with Crippen molar-refractivity contribution in [3.63, 3.8) is 0 Å². The summed E-state index contributed by atoms with van der Waals surface area (Å²) in [4.78, 5) is 19.1. The van der Waals surface area contributed by atoms with Crippen LogP contribution in [0.3, 0.4) is 0 Å². The summed E-state index contributed by atoms with van der Waals surface area (Å²) in [6, 6.07) is 13.7. The topological polar surface area (TPSA) is 63.1 Å². The Kier molecular flexibility index (Phi) is 5.06. The molecule has 0 saturated carbocycles. The summed E-state index contributed by atoms with van der Waals surface area (Å²) in [5.41, 5.74) is 2.52. The molecule has 1 aliphatic rings. The first-order valence-corrected chi connectivity index (χ1v) is 9.46. The number of aryl methyl sites for hydroxylation is 1. The molecule has 1 aliphatic heterocycles. The number of piperidine rings is 1. The van der Waals surface area contributed by atoms with Crippen LogP contribution in [0.2, 0.25) is 0 Å². The second-order valence-electron chi connectivity index (χ2n) is 6.92. The maximum Gasteiger partial charge on any atom is 0.295 e. The number of amides is 1. The lowest BCUT2D eigenvalue weighted by Crippen LogP contribution is -2.29. The Morgan fingerprint density at radius 2 is 1.61 bits per heavy atom. The minimum absolute atomic E-state index is 0.0712. The number of nitrogens with zero attached hydrogens (tertiary/aromatic N) is 4. The van der Waals surface area contributed by atoms with E-state index < -0.39 is 0 Å². The Hall–Kier alpha value is -3.22. The molecule has 0 bridgehead atoms. The molecule has 7 heteroatoms. The normalized spacial score (nSPS) is 14.1. The molecule has 28 heavy (non-hydrogen) atoms. The molecule has 4 rings (SSSR count). The molecule has 0 atom stereocenters. The Morgan fingerprint density at radius 3 is 2.29 bits per heavy atom. The summed E-state index contributed by atoms with van der Waals surface area (Å²) in [5.74, 6) is -0.0821. The molecule has 1 saturated heterocycles. The molecule has 3 aromatic rings. The van der Waals surface area contributed by atoms with Gasteiger partial charge in [0.2, 0.25) is 5.82 Å². The molecule has 0 aliphatic carbocycles. The molecular weight excluding hydrogens is 357 g/mol. The molecule has 1 fully saturated rings. The first-order chi connectivity index (χ1) is 13.6. The minimum Gasteiger partial charge on any atom is -0.372 e. The highest BCUT2D eigenvalue weighted by atomic mass is 19.1. The van der Waals surface area contributed by atoms with Crippen LogP contribution in [0.4, 0.5) is 15.8 Å². The third kappa shape index (κ3) is 3.88. The van der Waals surface area contributed by atoms with Crippen LogP contribution in [0.15, 0.2) is 48.5 Å². The molecule has 2 heterocycles. The van der Waals surface area contributed by atoms with E-state index >= 15 is 0 Å². The van der Waals surface area contributed by atoms with Crippen molar-refractivity contribution in [3.05, 3.63) is 66.0 Å². The molecule has 2 aromatic carbocycles. The quantitative estimate of drug-likeness (QED) is 0.745. The van der Waals surface area contributed by atoms with Crippen molar-refractivity contribution in [2.45, 2.75) is 26.2 Å². The average Bonchev–Trinajstić information content (AvgIpc) is 3.12. The zero-order chi connectivity index (χ0) is 19.5. The lowest BCUT2D eigenvalue weighted by molar-refractivity contribution is 0.101. The van der Waals surface area contributed by atoms with Gasteiger partial charge in [-0.1, -0.05) is 0 Å². The Balaban J connectivity index is 1.46. The zero-order valence-corrected chi connectivity index (χ0v) is 15.7. The second-order valence-corrected chi connectivity index (χ2v) is 6.92. The summed E-state index contributed by atoms with van der Waals surface area (Å²) < 4.78 is 14.6. The highest BCUT2D eigenvalue weighted by molar-refractivity contribution is 6.01. The standard InChI is InChI=1S/C21H22FN5O/c1-15-23-20(25-27(15)19-9-5-16(22)6-10-19)21(28)24-17-7-11-18(12-8-17)26-13-3-2-4-14-26/h5-12H,2-4,13-14H2,1H3,(H,24,28). The van der Waals surface area contributed by atoms with Crippen molar-refractivity contribution < 1.29 is 9.18 Å². The van der Waals surface area contributed by atoms with E-state index in [0.29, 0.717) is 17.2 Å². The molecule has 6 nitrogen and oxygen atoms in total. The number of benzene rings is 2. The summed E-state index contributed by atoms with van der Waals surface area (Å²) in [6.07, 6.45) is 3.74. The maximum absolute atomic E-state index is 13.1. The van der Waals surface area contributed by atoms with Gasteiger partial charge in [0, 0.05) is 24.5 Å². The highest BCUT2D eigenvalue weighted by Gasteiger charge is 2.16. The van der Waals surface area contributed by atoms with Gasteiger partial charge in [0.05, 0.1) is 5.69 Å². The molecule has 1 aromatic heterocycles. The number of carbonyl (C=O) groups excluding carboxylic acids is 1. The van der Waals surface area contributed by atoms with Crippen molar-refractivity contribution in [2.24, 2.45) is 0 Å². The average molecular weight is 379 g/mol. The zero-order valence-electron chi connectivity index (χ0n) is 15.7. The fraction of sp³-hybridized carbons (Fsp3) is 0.286. The molecule has 1 N–H and O–H groups in total. The molecule has 144 valence electrons. The van der Waals surface area contributed by atoms with Crippen LogP contribution in [0.25, 0.3) is 5.69 Å². The number of aromatic nitrogens is 3. The van der Waals surface area contributed by atoms with Crippen LogP contribution in [-0.2, 0) is 0 Å². The number of hydrogen-bond acceptors (Lipinski definition) is 4. The number of anilines is 2. The van der Waals surface area contributed by atoms with Crippen molar-refractivity contribution in [1.29, 1.82) is 0 Å². The lowest BCUT2D eigenvalue weighted by Gasteiger charge is -2.28. The third-order valence-corrected chi connectivity index (χ3v) is 4.89. The maximum atomic E-state index is 13.1. The summed E-state index contributed by atoms with van der Waals surface area (Å²) >= 11 is 0. The lowest BCUT2D eigenvalue weighted by atomic mass is 10.1. The fourth-order valence-corrected chi connectivity index (χ4v) is 3.41.